The van der Waals surface area contributed by atoms with E-state index < -0.39 is 0 Å². The molecule has 1 atom stereocenters. The Morgan fingerprint density at radius 3 is 2.29 bits per heavy atom. The first-order valence-electron chi connectivity index (χ1n) is 8.39. The Kier molecular flexibility index (Phi) is 4.63. The summed E-state index contributed by atoms with van der Waals surface area (Å²) in [5.41, 5.74) is 8.99. The number of piperidine rings is 1. The van der Waals surface area contributed by atoms with E-state index >= 15 is 0 Å². The average molecular weight is 287 g/mol. The van der Waals surface area contributed by atoms with Crippen LogP contribution in [0.3, 0.4) is 0 Å². The van der Waals surface area contributed by atoms with Crippen molar-refractivity contribution in [3.05, 3.63) is 35.4 Å². The van der Waals surface area contributed by atoms with Gasteiger partial charge in [-0.25, -0.2) is 0 Å². The molecular formula is C18H29N3. The molecule has 1 unspecified atom stereocenters. The zero-order valence-electron chi connectivity index (χ0n) is 13.5. The number of likely N-dealkylation sites (N-methyl/N-ethyl adjacent to an activating group) is 1. The summed E-state index contributed by atoms with van der Waals surface area (Å²) >= 11 is 0. The molecule has 1 aliphatic heterocycles. The highest BCUT2D eigenvalue weighted by molar-refractivity contribution is 5.30. The minimum Gasteiger partial charge on any atom is -0.329 e. The van der Waals surface area contributed by atoms with Gasteiger partial charge in [0.2, 0.25) is 0 Å². The number of rotatable bonds is 5. The molecule has 3 rings (SSSR count). The minimum absolute atomic E-state index is 0.353. The molecule has 2 aliphatic rings. The van der Waals surface area contributed by atoms with Crippen molar-refractivity contribution in [3.63, 3.8) is 0 Å². The van der Waals surface area contributed by atoms with Gasteiger partial charge in [0, 0.05) is 18.6 Å². The maximum atomic E-state index is 6.10. The van der Waals surface area contributed by atoms with Crippen LogP contribution in [0.25, 0.3) is 0 Å². The second kappa shape index (κ2) is 6.47. The number of nitrogens with two attached hydrogens (primary N) is 1. The molecule has 2 fully saturated rings. The van der Waals surface area contributed by atoms with Gasteiger partial charge in [0.05, 0.1) is 0 Å². The zero-order chi connectivity index (χ0) is 14.8. The lowest BCUT2D eigenvalue weighted by Gasteiger charge is -2.39. The predicted octanol–water partition coefficient (Wildman–Crippen LogP) is 2.59. The molecule has 3 heteroatoms. The first kappa shape index (κ1) is 15.0. The zero-order valence-corrected chi connectivity index (χ0v) is 13.5. The number of likely N-dealkylation sites (tertiary alicyclic amines) is 1. The van der Waals surface area contributed by atoms with E-state index in [0.717, 1.165) is 5.92 Å². The Bertz CT molecular complexity index is 444. The first-order valence-corrected chi connectivity index (χ1v) is 8.39. The number of hydrogen-bond acceptors (Lipinski definition) is 3. The third kappa shape index (κ3) is 3.47. The molecule has 2 N–H and O–H groups in total. The van der Waals surface area contributed by atoms with E-state index in [2.05, 4.69) is 48.2 Å². The topological polar surface area (TPSA) is 32.5 Å². The molecule has 0 radical (unpaired) electrons. The van der Waals surface area contributed by atoms with Crippen LogP contribution in [0.2, 0.25) is 0 Å². The van der Waals surface area contributed by atoms with Gasteiger partial charge in [-0.2, -0.15) is 0 Å². The molecule has 116 valence electrons. The highest BCUT2D eigenvalue weighted by Gasteiger charge is 2.27. The van der Waals surface area contributed by atoms with E-state index in [0.29, 0.717) is 18.6 Å². The molecule has 1 aromatic rings. The maximum Gasteiger partial charge on any atom is 0.0470 e. The van der Waals surface area contributed by atoms with Gasteiger partial charge in [0.1, 0.15) is 0 Å². The molecular weight excluding hydrogens is 258 g/mol. The summed E-state index contributed by atoms with van der Waals surface area (Å²) in [4.78, 5) is 4.94. The number of hydrogen-bond donors (Lipinski definition) is 1. The summed E-state index contributed by atoms with van der Waals surface area (Å²) in [6, 6.07) is 10.3. The lowest BCUT2D eigenvalue weighted by atomic mass is 9.97. The molecule has 0 amide bonds. The van der Waals surface area contributed by atoms with Crippen molar-refractivity contribution in [2.45, 2.75) is 43.7 Å². The van der Waals surface area contributed by atoms with Gasteiger partial charge in [-0.3, -0.25) is 4.90 Å². The Hall–Kier alpha value is -0.900. The molecule has 1 heterocycles. The van der Waals surface area contributed by atoms with Crippen LogP contribution >= 0.6 is 0 Å². The number of benzene rings is 1. The van der Waals surface area contributed by atoms with Gasteiger partial charge in [-0.15, -0.1) is 0 Å². The average Bonchev–Trinajstić information content (AvgIpc) is 3.34. The van der Waals surface area contributed by atoms with Crippen molar-refractivity contribution in [1.82, 2.24) is 9.80 Å². The smallest absolute Gasteiger partial charge is 0.0470 e. The lowest BCUT2D eigenvalue weighted by molar-refractivity contribution is 0.109. The second-order valence-corrected chi connectivity index (χ2v) is 6.89. The molecule has 1 aromatic carbocycles. The van der Waals surface area contributed by atoms with Crippen molar-refractivity contribution in [3.8, 4) is 0 Å². The van der Waals surface area contributed by atoms with Gasteiger partial charge in [0.25, 0.3) is 0 Å². The fourth-order valence-corrected chi connectivity index (χ4v) is 3.60. The molecule has 1 saturated heterocycles. The fourth-order valence-electron chi connectivity index (χ4n) is 3.60. The second-order valence-electron chi connectivity index (χ2n) is 6.89. The van der Waals surface area contributed by atoms with Crippen molar-refractivity contribution in [2.75, 3.05) is 33.7 Å². The van der Waals surface area contributed by atoms with E-state index in [9.17, 15) is 0 Å². The van der Waals surface area contributed by atoms with E-state index in [4.69, 9.17) is 5.73 Å². The van der Waals surface area contributed by atoms with Crippen LogP contribution in [0.15, 0.2) is 24.3 Å². The lowest BCUT2D eigenvalue weighted by Crippen LogP contribution is -2.45. The fraction of sp³-hybridized carbons (Fsp3) is 0.667. The molecule has 1 aliphatic carbocycles. The van der Waals surface area contributed by atoms with Crippen LogP contribution in [-0.2, 0) is 0 Å². The Morgan fingerprint density at radius 2 is 1.76 bits per heavy atom. The largest absolute Gasteiger partial charge is 0.329 e. The van der Waals surface area contributed by atoms with Gasteiger partial charge < -0.3 is 10.6 Å². The molecule has 0 spiro atoms. The van der Waals surface area contributed by atoms with Gasteiger partial charge in [0.15, 0.2) is 0 Å². The first-order chi connectivity index (χ1) is 10.2. The van der Waals surface area contributed by atoms with Crippen LogP contribution in [0.4, 0.5) is 0 Å². The summed E-state index contributed by atoms with van der Waals surface area (Å²) in [7, 11) is 4.47. The van der Waals surface area contributed by atoms with Crippen LogP contribution < -0.4 is 5.73 Å². The van der Waals surface area contributed by atoms with E-state index in [1.807, 2.05) is 0 Å². The highest BCUT2D eigenvalue weighted by Crippen LogP contribution is 2.40. The van der Waals surface area contributed by atoms with Gasteiger partial charge in [-0.05, 0) is 69.9 Å². The summed E-state index contributed by atoms with van der Waals surface area (Å²) in [5.74, 6) is 0.835. The number of nitrogens with zero attached hydrogens (tertiary/aromatic N) is 2. The van der Waals surface area contributed by atoms with Crippen molar-refractivity contribution < 1.29 is 0 Å². The summed E-state index contributed by atoms with van der Waals surface area (Å²) in [6.07, 6.45) is 5.25. The van der Waals surface area contributed by atoms with Crippen molar-refractivity contribution in [2.24, 2.45) is 5.73 Å². The Morgan fingerprint density at radius 1 is 1.14 bits per heavy atom. The molecule has 3 nitrogen and oxygen atoms in total. The third-order valence-electron chi connectivity index (χ3n) is 5.35. The molecule has 1 saturated carbocycles. The standard InChI is InChI=1S/C18H29N3/c1-20-11-9-17(10-12-20)21(2)18(13-19)16-7-5-15(6-8-16)14-3-4-14/h5-8,14,17-18H,3-4,9-13,19H2,1-2H3. The van der Waals surface area contributed by atoms with Crippen LogP contribution in [0.5, 0.6) is 0 Å². The normalized spacial score (nSPS) is 22.7. The Labute approximate surface area is 129 Å². The van der Waals surface area contributed by atoms with E-state index in [1.165, 1.54) is 49.9 Å². The summed E-state index contributed by atoms with van der Waals surface area (Å²) < 4.78 is 0. The van der Waals surface area contributed by atoms with Crippen LogP contribution in [-0.4, -0.2) is 49.6 Å². The third-order valence-corrected chi connectivity index (χ3v) is 5.35. The van der Waals surface area contributed by atoms with Crippen LogP contribution in [0.1, 0.15) is 48.8 Å². The van der Waals surface area contributed by atoms with E-state index in [-0.39, 0.29) is 0 Å². The predicted molar refractivity (Wildman–Crippen MR) is 88.5 cm³/mol. The summed E-state index contributed by atoms with van der Waals surface area (Å²) in [6.45, 7) is 3.10. The van der Waals surface area contributed by atoms with Gasteiger partial charge >= 0.3 is 0 Å². The van der Waals surface area contributed by atoms with Crippen molar-refractivity contribution >= 4 is 0 Å². The summed E-state index contributed by atoms with van der Waals surface area (Å²) in [5, 5.41) is 0. The maximum absolute atomic E-state index is 6.10. The molecule has 21 heavy (non-hydrogen) atoms. The quantitative estimate of drug-likeness (QED) is 0.903. The minimum atomic E-state index is 0.353. The molecule has 0 bridgehead atoms. The SMILES string of the molecule is CN1CCC(N(C)C(CN)c2ccc(C3CC3)cc2)CC1. The van der Waals surface area contributed by atoms with Gasteiger partial charge in [-0.1, -0.05) is 24.3 Å². The van der Waals surface area contributed by atoms with Crippen molar-refractivity contribution in [1.29, 1.82) is 0 Å². The van der Waals surface area contributed by atoms with Crippen LogP contribution in [0, 0.1) is 0 Å². The highest BCUT2D eigenvalue weighted by atomic mass is 15.2. The van der Waals surface area contributed by atoms with E-state index in [1.54, 1.807) is 0 Å². The Balaban J connectivity index is 1.68. The molecule has 0 aromatic heterocycles. The monoisotopic (exact) mass is 287 g/mol.